The zero-order valence-electron chi connectivity index (χ0n) is 12.6. The zero-order valence-corrected chi connectivity index (χ0v) is 12.6. The summed E-state index contributed by atoms with van der Waals surface area (Å²) in [7, 11) is 0. The Morgan fingerprint density at radius 1 is 1.16 bits per heavy atom. The molecular formula is C16H31NO2. The largest absolute Gasteiger partial charge is 0.389 e. The molecule has 2 fully saturated rings. The number of hydrogen-bond acceptors (Lipinski definition) is 3. The summed E-state index contributed by atoms with van der Waals surface area (Å²) in [4.78, 5) is 0. The van der Waals surface area contributed by atoms with Crippen molar-refractivity contribution >= 4 is 0 Å². The first-order valence-corrected chi connectivity index (χ1v) is 8.16. The van der Waals surface area contributed by atoms with Crippen molar-refractivity contribution in [1.82, 2.24) is 5.32 Å². The van der Waals surface area contributed by atoms with E-state index < -0.39 is 0 Å². The summed E-state index contributed by atoms with van der Waals surface area (Å²) in [5, 5.41) is 13.5. The Bertz CT molecular complexity index is 237. The van der Waals surface area contributed by atoms with Gasteiger partial charge < -0.3 is 15.2 Å². The lowest BCUT2D eigenvalue weighted by atomic mass is 10.1. The summed E-state index contributed by atoms with van der Waals surface area (Å²) in [5.41, 5.74) is 0. The van der Waals surface area contributed by atoms with Crippen molar-refractivity contribution in [3.63, 3.8) is 0 Å². The van der Waals surface area contributed by atoms with Crippen molar-refractivity contribution in [1.29, 1.82) is 0 Å². The minimum Gasteiger partial charge on any atom is -0.389 e. The maximum Gasteiger partial charge on any atom is 0.0897 e. The van der Waals surface area contributed by atoms with Crippen LogP contribution < -0.4 is 5.32 Å². The second kappa shape index (κ2) is 7.61. The molecule has 0 aliphatic heterocycles. The number of hydrogen-bond donors (Lipinski definition) is 2. The fourth-order valence-electron chi connectivity index (χ4n) is 2.77. The van der Waals surface area contributed by atoms with Crippen LogP contribution >= 0.6 is 0 Å². The zero-order chi connectivity index (χ0) is 13.7. The highest BCUT2D eigenvalue weighted by Gasteiger charge is 2.41. The van der Waals surface area contributed by atoms with Gasteiger partial charge >= 0.3 is 0 Å². The summed E-state index contributed by atoms with van der Waals surface area (Å²) in [5.74, 6) is 2.53. The highest BCUT2D eigenvalue weighted by Crippen LogP contribution is 2.44. The Hall–Kier alpha value is -0.120. The molecule has 0 bridgehead atoms. The lowest BCUT2D eigenvalue weighted by Crippen LogP contribution is -2.40. The minimum absolute atomic E-state index is 0.348. The molecule has 1 atom stereocenters. The van der Waals surface area contributed by atoms with E-state index in [4.69, 9.17) is 4.74 Å². The van der Waals surface area contributed by atoms with Crippen LogP contribution in [0.1, 0.15) is 52.4 Å². The Morgan fingerprint density at radius 3 is 2.32 bits per heavy atom. The molecule has 0 heterocycles. The van der Waals surface area contributed by atoms with E-state index in [0.29, 0.717) is 19.2 Å². The molecule has 1 unspecified atom stereocenters. The van der Waals surface area contributed by atoms with Gasteiger partial charge in [-0.05, 0) is 56.3 Å². The van der Waals surface area contributed by atoms with Crippen molar-refractivity contribution < 1.29 is 9.84 Å². The summed E-state index contributed by atoms with van der Waals surface area (Å²) >= 11 is 0. The van der Waals surface area contributed by atoms with E-state index in [2.05, 4.69) is 19.2 Å². The second-order valence-electron chi connectivity index (χ2n) is 6.87. The van der Waals surface area contributed by atoms with Crippen LogP contribution in [-0.4, -0.2) is 37.0 Å². The second-order valence-corrected chi connectivity index (χ2v) is 6.87. The standard InChI is InChI=1S/C16H31NO2/c1-12(2)4-3-9-19-11-15(18)10-17-16(13-5-6-13)14-7-8-14/h12-18H,3-11H2,1-2H3. The molecule has 0 amide bonds. The maximum atomic E-state index is 9.92. The fraction of sp³-hybridized carbons (Fsp3) is 1.00. The summed E-state index contributed by atoms with van der Waals surface area (Å²) in [6, 6.07) is 0.676. The van der Waals surface area contributed by atoms with Crippen LogP contribution in [0.15, 0.2) is 0 Å². The number of ether oxygens (including phenoxy) is 1. The molecule has 0 spiro atoms. The average Bonchev–Trinajstić information content (AvgIpc) is 3.22. The molecule has 0 aromatic heterocycles. The van der Waals surface area contributed by atoms with E-state index in [1.807, 2.05) is 0 Å². The van der Waals surface area contributed by atoms with Crippen molar-refractivity contribution in [2.75, 3.05) is 19.8 Å². The molecule has 19 heavy (non-hydrogen) atoms. The van der Waals surface area contributed by atoms with E-state index in [-0.39, 0.29) is 6.10 Å². The van der Waals surface area contributed by atoms with E-state index in [9.17, 15) is 5.11 Å². The van der Waals surface area contributed by atoms with Crippen LogP contribution in [-0.2, 0) is 4.74 Å². The van der Waals surface area contributed by atoms with Gasteiger partial charge in [0.2, 0.25) is 0 Å². The molecule has 0 radical (unpaired) electrons. The van der Waals surface area contributed by atoms with Gasteiger partial charge in [0.05, 0.1) is 12.7 Å². The topological polar surface area (TPSA) is 41.5 Å². The van der Waals surface area contributed by atoms with Crippen molar-refractivity contribution in [2.24, 2.45) is 17.8 Å². The first-order valence-electron chi connectivity index (χ1n) is 8.16. The molecule has 2 aliphatic carbocycles. The third kappa shape index (κ3) is 6.24. The molecule has 2 saturated carbocycles. The maximum absolute atomic E-state index is 9.92. The van der Waals surface area contributed by atoms with Crippen LogP contribution in [0.4, 0.5) is 0 Å². The summed E-state index contributed by atoms with van der Waals surface area (Å²) in [6.45, 7) is 6.42. The number of nitrogens with one attached hydrogen (secondary N) is 1. The Labute approximate surface area is 118 Å². The highest BCUT2D eigenvalue weighted by atomic mass is 16.5. The van der Waals surface area contributed by atoms with Crippen LogP contribution in [0.2, 0.25) is 0 Å². The van der Waals surface area contributed by atoms with Gasteiger partial charge in [0.1, 0.15) is 0 Å². The lowest BCUT2D eigenvalue weighted by Gasteiger charge is -2.20. The monoisotopic (exact) mass is 269 g/mol. The number of aliphatic hydroxyl groups excluding tert-OH is 1. The molecule has 112 valence electrons. The predicted molar refractivity (Wildman–Crippen MR) is 78.1 cm³/mol. The Balaban J connectivity index is 1.48. The van der Waals surface area contributed by atoms with Crippen LogP contribution in [0.5, 0.6) is 0 Å². The van der Waals surface area contributed by atoms with Gasteiger partial charge in [-0.2, -0.15) is 0 Å². The Morgan fingerprint density at radius 2 is 1.79 bits per heavy atom. The van der Waals surface area contributed by atoms with Crippen LogP contribution in [0.25, 0.3) is 0 Å². The fourth-order valence-corrected chi connectivity index (χ4v) is 2.77. The van der Waals surface area contributed by atoms with E-state index in [0.717, 1.165) is 30.8 Å². The van der Waals surface area contributed by atoms with Crippen LogP contribution in [0.3, 0.4) is 0 Å². The molecule has 3 heteroatoms. The molecule has 2 N–H and O–H groups in total. The first kappa shape index (κ1) is 15.3. The van der Waals surface area contributed by atoms with Crippen LogP contribution in [0, 0.1) is 17.8 Å². The van der Waals surface area contributed by atoms with Crippen molar-refractivity contribution in [3.8, 4) is 0 Å². The summed E-state index contributed by atoms with van der Waals surface area (Å²) in [6.07, 6.45) is 7.50. The van der Waals surface area contributed by atoms with Gasteiger partial charge in [-0.15, -0.1) is 0 Å². The molecule has 0 aromatic carbocycles. The van der Waals surface area contributed by atoms with Gasteiger partial charge in [0.25, 0.3) is 0 Å². The molecule has 0 saturated heterocycles. The van der Waals surface area contributed by atoms with E-state index in [1.165, 1.54) is 32.1 Å². The number of aliphatic hydroxyl groups is 1. The molecule has 2 rings (SSSR count). The first-order chi connectivity index (χ1) is 9.16. The van der Waals surface area contributed by atoms with Crippen molar-refractivity contribution in [2.45, 2.75) is 64.5 Å². The lowest BCUT2D eigenvalue weighted by molar-refractivity contribution is 0.0327. The average molecular weight is 269 g/mol. The number of rotatable bonds is 11. The van der Waals surface area contributed by atoms with Gasteiger partial charge in [0.15, 0.2) is 0 Å². The van der Waals surface area contributed by atoms with E-state index in [1.54, 1.807) is 0 Å². The smallest absolute Gasteiger partial charge is 0.0897 e. The van der Waals surface area contributed by atoms with Gasteiger partial charge in [0, 0.05) is 19.2 Å². The van der Waals surface area contributed by atoms with E-state index >= 15 is 0 Å². The normalized spacial score (nSPS) is 21.3. The Kier molecular flexibility index (Phi) is 6.11. The van der Waals surface area contributed by atoms with Gasteiger partial charge in [-0.3, -0.25) is 0 Å². The van der Waals surface area contributed by atoms with Gasteiger partial charge in [-0.25, -0.2) is 0 Å². The quantitative estimate of drug-likeness (QED) is 0.567. The highest BCUT2D eigenvalue weighted by molar-refractivity contribution is 4.96. The molecule has 2 aliphatic rings. The van der Waals surface area contributed by atoms with Gasteiger partial charge in [-0.1, -0.05) is 13.8 Å². The SMILES string of the molecule is CC(C)CCCOCC(O)CNC(C1CC1)C1CC1. The third-order valence-electron chi connectivity index (χ3n) is 4.23. The molecule has 0 aromatic rings. The molecule has 3 nitrogen and oxygen atoms in total. The summed E-state index contributed by atoms with van der Waals surface area (Å²) < 4.78 is 5.54. The van der Waals surface area contributed by atoms with Crippen molar-refractivity contribution in [3.05, 3.63) is 0 Å². The third-order valence-corrected chi connectivity index (χ3v) is 4.23. The predicted octanol–water partition coefficient (Wildman–Crippen LogP) is 2.58. The molecular weight excluding hydrogens is 238 g/mol. The minimum atomic E-state index is -0.348.